The molecule has 0 aromatic heterocycles. The van der Waals surface area contributed by atoms with Crippen molar-refractivity contribution >= 4 is 5.78 Å². The maximum atomic E-state index is 11.4. The fourth-order valence-corrected chi connectivity index (χ4v) is 1.74. The molecule has 2 rings (SSSR count). The molecule has 1 aliphatic carbocycles. The Bertz CT molecular complexity index is 382. The molecule has 0 spiro atoms. The maximum absolute atomic E-state index is 11.4. The Morgan fingerprint density at radius 3 is 3.00 bits per heavy atom. The third-order valence-corrected chi connectivity index (χ3v) is 2.49. The van der Waals surface area contributed by atoms with Crippen LogP contribution in [0.4, 0.5) is 0 Å². The van der Waals surface area contributed by atoms with Gasteiger partial charge in [-0.15, -0.1) is 0 Å². The Balaban J connectivity index is 2.13. The average Bonchev–Trinajstić information content (AvgIpc) is 2.57. The number of carbonyl (C=O) groups excluding carboxylic acids is 1. The second-order valence-corrected chi connectivity index (χ2v) is 3.90. The molecule has 0 aliphatic heterocycles. The van der Waals surface area contributed by atoms with Gasteiger partial charge in [0, 0.05) is 12.0 Å². The lowest BCUT2D eigenvalue weighted by Gasteiger charge is -2.09. The molecule has 3 heteroatoms. The van der Waals surface area contributed by atoms with E-state index in [1.54, 1.807) is 13.0 Å². The van der Waals surface area contributed by atoms with Crippen molar-refractivity contribution in [2.45, 2.75) is 25.9 Å². The molecule has 1 aromatic carbocycles. The maximum Gasteiger partial charge on any atom is 0.163 e. The van der Waals surface area contributed by atoms with Gasteiger partial charge in [-0.25, -0.2) is 0 Å². The first-order valence-electron chi connectivity index (χ1n) is 5.14. The van der Waals surface area contributed by atoms with Gasteiger partial charge in [-0.05, 0) is 37.1 Å². The number of aliphatic hydroxyl groups excluding tert-OH is 1. The summed E-state index contributed by atoms with van der Waals surface area (Å²) in [5.41, 5.74) is 1.88. The molecule has 15 heavy (non-hydrogen) atoms. The van der Waals surface area contributed by atoms with Crippen molar-refractivity contribution in [3.05, 3.63) is 29.3 Å². The van der Waals surface area contributed by atoms with Gasteiger partial charge >= 0.3 is 0 Å². The molecular formula is C12H14O3. The van der Waals surface area contributed by atoms with Crippen molar-refractivity contribution in [2.24, 2.45) is 0 Å². The Morgan fingerprint density at radius 1 is 1.47 bits per heavy atom. The van der Waals surface area contributed by atoms with Crippen LogP contribution in [0.3, 0.4) is 0 Å². The fraction of sp³-hybridized carbons (Fsp3) is 0.417. The standard InChI is InChI=1S/C12H14O3/c1-8(13)7-15-10-3-4-11-9(6-10)2-5-12(11)14/h3-4,6,8,13H,2,5,7H2,1H3. The van der Waals surface area contributed by atoms with Crippen molar-refractivity contribution in [1.29, 1.82) is 0 Å². The zero-order valence-electron chi connectivity index (χ0n) is 8.69. The zero-order chi connectivity index (χ0) is 10.8. The molecule has 0 saturated heterocycles. The predicted octanol–water partition coefficient (Wildman–Crippen LogP) is 1.58. The molecule has 3 nitrogen and oxygen atoms in total. The van der Waals surface area contributed by atoms with Crippen LogP contribution in [0.25, 0.3) is 0 Å². The quantitative estimate of drug-likeness (QED) is 0.816. The van der Waals surface area contributed by atoms with Gasteiger partial charge in [-0.2, -0.15) is 0 Å². The van der Waals surface area contributed by atoms with Gasteiger partial charge < -0.3 is 9.84 Å². The zero-order valence-corrected chi connectivity index (χ0v) is 8.69. The fourth-order valence-electron chi connectivity index (χ4n) is 1.74. The number of Topliss-reactive ketones (excluding diaryl/α,β-unsaturated/α-hetero) is 1. The van der Waals surface area contributed by atoms with Crippen molar-refractivity contribution in [3.63, 3.8) is 0 Å². The van der Waals surface area contributed by atoms with E-state index in [9.17, 15) is 4.79 Å². The molecule has 1 aliphatic rings. The van der Waals surface area contributed by atoms with Gasteiger partial charge in [-0.1, -0.05) is 0 Å². The summed E-state index contributed by atoms with van der Waals surface area (Å²) >= 11 is 0. The lowest BCUT2D eigenvalue weighted by molar-refractivity contribution is 0.0994. The van der Waals surface area contributed by atoms with E-state index in [0.717, 1.165) is 23.3 Å². The second-order valence-electron chi connectivity index (χ2n) is 3.90. The van der Waals surface area contributed by atoms with E-state index in [2.05, 4.69) is 0 Å². The minimum Gasteiger partial charge on any atom is -0.491 e. The first-order chi connectivity index (χ1) is 7.16. The summed E-state index contributed by atoms with van der Waals surface area (Å²) in [6.07, 6.45) is 0.940. The summed E-state index contributed by atoms with van der Waals surface area (Å²) in [5, 5.41) is 9.07. The lowest BCUT2D eigenvalue weighted by atomic mass is 10.1. The molecule has 1 unspecified atom stereocenters. The van der Waals surface area contributed by atoms with Crippen LogP contribution in [0.15, 0.2) is 18.2 Å². The van der Waals surface area contributed by atoms with Gasteiger partial charge in [0.1, 0.15) is 12.4 Å². The SMILES string of the molecule is CC(O)COc1ccc2c(c1)CCC2=O. The van der Waals surface area contributed by atoms with E-state index in [4.69, 9.17) is 9.84 Å². The number of rotatable bonds is 3. The number of carbonyl (C=O) groups is 1. The number of aryl methyl sites for hydroxylation is 1. The Kier molecular flexibility index (Phi) is 2.73. The van der Waals surface area contributed by atoms with Crippen LogP contribution in [-0.2, 0) is 6.42 Å². The van der Waals surface area contributed by atoms with Gasteiger partial charge in [-0.3, -0.25) is 4.79 Å². The predicted molar refractivity (Wildman–Crippen MR) is 56.3 cm³/mol. The van der Waals surface area contributed by atoms with Gasteiger partial charge in [0.15, 0.2) is 5.78 Å². The highest BCUT2D eigenvalue weighted by Gasteiger charge is 2.19. The topological polar surface area (TPSA) is 46.5 Å². The van der Waals surface area contributed by atoms with Crippen molar-refractivity contribution in [3.8, 4) is 5.75 Å². The van der Waals surface area contributed by atoms with Crippen LogP contribution >= 0.6 is 0 Å². The average molecular weight is 206 g/mol. The largest absolute Gasteiger partial charge is 0.491 e. The molecule has 80 valence electrons. The van der Waals surface area contributed by atoms with Crippen LogP contribution in [0.1, 0.15) is 29.3 Å². The van der Waals surface area contributed by atoms with Crippen molar-refractivity contribution in [1.82, 2.24) is 0 Å². The molecule has 0 bridgehead atoms. The van der Waals surface area contributed by atoms with Gasteiger partial charge in [0.05, 0.1) is 6.10 Å². The smallest absolute Gasteiger partial charge is 0.163 e. The number of hydrogen-bond acceptors (Lipinski definition) is 3. The van der Waals surface area contributed by atoms with Crippen LogP contribution in [0, 0.1) is 0 Å². The molecule has 0 heterocycles. The van der Waals surface area contributed by atoms with E-state index < -0.39 is 6.10 Å². The summed E-state index contributed by atoms with van der Waals surface area (Å²) in [4.78, 5) is 11.4. The van der Waals surface area contributed by atoms with Crippen molar-refractivity contribution in [2.75, 3.05) is 6.61 Å². The van der Waals surface area contributed by atoms with Crippen LogP contribution in [0.5, 0.6) is 5.75 Å². The first kappa shape index (κ1) is 10.2. The summed E-state index contributed by atoms with van der Waals surface area (Å²) in [6, 6.07) is 5.48. The summed E-state index contributed by atoms with van der Waals surface area (Å²) < 4.78 is 5.37. The third kappa shape index (κ3) is 2.18. The lowest BCUT2D eigenvalue weighted by Crippen LogP contribution is -2.12. The molecule has 0 fully saturated rings. The van der Waals surface area contributed by atoms with E-state index in [-0.39, 0.29) is 12.4 Å². The Hall–Kier alpha value is -1.35. The normalized spacial score (nSPS) is 16.3. The minimum absolute atomic E-state index is 0.215. The second kappa shape index (κ2) is 4.03. The van der Waals surface area contributed by atoms with E-state index in [1.165, 1.54) is 0 Å². The molecule has 0 saturated carbocycles. The van der Waals surface area contributed by atoms with E-state index in [1.807, 2.05) is 12.1 Å². The molecular weight excluding hydrogens is 192 g/mol. The van der Waals surface area contributed by atoms with Crippen LogP contribution in [-0.4, -0.2) is 23.6 Å². The van der Waals surface area contributed by atoms with Gasteiger partial charge in [0.25, 0.3) is 0 Å². The highest BCUT2D eigenvalue weighted by atomic mass is 16.5. The molecule has 1 atom stereocenters. The number of hydrogen-bond donors (Lipinski definition) is 1. The number of benzene rings is 1. The highest BCUT2D eigenvalue weighted by Crippen LogP contribution is 2.26. The minimum atomic E-state index is -0.472. The summed E-state index contributed by atoms with van der Waals surface area (Å²) in [6.45, 7) is 1.96. The number of aliphatic hydroxyl groups is 1. The number of fused-ring (bicyclic) bond motifs is 1. The molecule has 0 radical (unpaired) electrons. The van der Waals surface area contributed by atoms with E-state index >= 15 is 0 Å². The highest BCUT2D eigenvalue weighted by molar-refractivity contribution is 6.00. The van der Waals surface area contributed by atoms with Crippen molar-refractivity contribution < 1.29 is 14.6 Å². The Labute approximate surface area is 88.7 Å². The number of ether oxygens (including phenoxy) is 1. The summed E-state index contributed by atoms with van der Waals surface area (Å²) in [7, 11) is 0. The summed E-state index contributed by atoms with van der Waals surface area (Å²) in [5.74, 6) is 0.941. The van der Waals surface area contributed by atoms with Crippen LogP contribution < -0.4 is 4.74 Å². The Morgan fingerprint density at radius 2 is 2.27 bits per heavy atom. The molecule has 1 N–H and O–H groups in total. The number of ketones is 1. The van der Waals surface area contributed by atoms with Gasteiger partial charge in [0.2, 0.25) is 0 Å². The third-order valence-electron chi connectivity index (χ3n) is 2.49. The first-order valence-corrected chi connectivity index (χ1v) is 5.14. The molecule has 0 amide bonds. The van der Waals surface area contributed by atoms with Crippen LogP contribution in [0.2, 0.25) is 0 Å². The monoisotopic (exact) mass is 206 g/mol. The van der Waals surface area contributed by atoms with E-state index in [0.29, 0.717) is 6.42 Å². The molecule has 1 aromatic rings.